The molecule has 1 heterocycles. The van der Waals surface area contributed by atoms with Crippen molar-refractivity contribution >= 4 is 11.9 Å². The van der Waals surface area contributed by atoms with Crippen molar-refractivity contribution in [3.05, 3.63) is 24.9 Å². The molecule has 58 valence electrons. The van der Waals surface area contributed by atoms with Crippen LogP contribution in [-0.4, -0.2) is 23.3 Å². The SMILES string of the molecule is C=CCN1C(=C)C(N)=NC1=O. The second kappa shape index (κ2) is 2.57. The van der Waals surface area contributed by atoms with Gasteiger partial charge in [0.05, 0.1) is 5.70 Å². The van der Waals surface area contributed by atoms with Gasteiger partial charge in [-0.25, -0.2) is 4.79 Å². The molecule has 0 saturated heterocycles. The summed E-state index contributed by atoms with van der Waals surface area (Å²) in [4.78, 5) is 15.8. The molecule has 4 nitrogen and oxygen atoms in total. The zero-order chi connectivity index (χ0) is 8.43. The number of nitrogens with two attached hydrogens (primary N) is 1. The third kappa shape index (κ3) is 1.14. The van der Waals surface area contributed by atoms with Crippen molar-refractivity contribution in [3.63, 3.8) is 0 Å². The van der Waals surface area contributed by atoms with E-state index in [1.807, 2.05) is 0 Å². The molecule has 4 heteroatoms. The van der Waals surface area contributed by atoms with E-state index in [9.17, 15) is 4.79 Å². The highest BCUT2D eigenvalue weighted by Gasteiger charge is 2.24. The Hall–Kier alpha value is -1.58. The number of nitrogens with zero attached hydrogens (tertiary/aromatic N) is 2. The maximum atomic E-state index is 10.9. The van der Waals surface area contributed by atoms with Crippen molar-refractivity contribution in [1.82, 2.24) is 4.90 Å². The highest BCUT2D eigenvalue weighted by molar-refractivity contribution is 6.10. The van der Waals surface area contributed by atoms with Gasteiger partial charge in [0.15, 0.2) is 5.84 Å². The topological polar surface area (TPSA) is 58.7 Å². The fourth-order valence-corrected chi connectivity index (χ4v) is 0.799. The molecule has 1 rings (SSSR count). The zero-order valence-electron chi connectivity index (χ0n) is 6.08. The molecule has 0 spiro atoms. The molecule has 1 aliphatic heterocycles. The van der Waals surface area contributed by atoms with Crippen LogP contribution in [0.25, 0.3) is 0 Å². The summed E-state index contributed by atoms with van der Waals surface area (Å²) in [5.41, 5.74) is 5.80. The lowest BCUT2D eigenvalue weighted by molar-refractivity contribution is 0.230. The van der Waals surface area contributed by atoms with Crippen molar-refractivity contribution < 1.29 is 4.79 Å². The van der Waals surface area contributed by atoms with Crippen LogP contribution < -0.4 is 5.73 Å². The first-order valence-electron chi connectivity index (χ1n) is 3.12. The Balaban J connectivity index is 2.80. The van der Waals surface area contributed by atoms with E-state index in [1.54, 1.807) is 6.08 Å². The lowest BCUT2D eigenvalue weighted by Gasteiger charge is -2.12. The van der Waals surface area contributed by atoms with E-state index in [0.717, 1.165) is 0 Å². The number of aliphatic imine (C=N–C) groups is 1. The van der Waals surface area contributed by atoms with Gasteiger partial charge in [-0.05, 0) is 0 Å². The minimum absolute atomic E-state index is 0.192. The lowest BCUT2D eigenvalue weighted by Crippen LogP contribution is -2.25. The highest BCUT2D eigenvalue weighted by atomic mass is 16.2. The number of rotatable bonds is 2. The third-order valence-electron chi connectivity index (χ3n) is 1.38. The van der Waals surface area contributed by atoms with Gasteiger partial charge in [-0.2, -0.15) is 4.99 Å². The molecule has 0 radical (unpaired) electrons. The molecule has 0 bridgehead atoms. The molecule has 0 fully saturated rings. The smallest absolute Gasteiger partial charge is 0.350 e. The summed E-state index contributed by atoms with van der Waals surface area (Å²) in [6, 6.07) is -0.368. The van der Waals surface area contributed by atoms with Gasteiger partial charge in [0.25, 0.3) is 0 Å². The Labute approximate surface area is 64.7 Å². The van der Waals surface area contributed by atoms with E-state index >= 15 is 0 Å². The number of hydrogen-bond donors (Lipinski definition) is 1. The van der Waals surface area contributed by atoms with Gasteiger partial charge in [-0.1, -0.05) is 12.7 Å². The van der Waals surface area contributed by atoms with E-state index in [0.29, 0.717) is 12.2 Å². The van der Waals surface area contributed by atoms with Crippen LogP contribution in [0.4, 0.5) is 4.79 Å². The summed E-state index contributed by atoms with van der Waals surface area (Å²) >= 11 is 0. The van der Waals surface area contributed by atoms with E-state index in [2.05, 4.69) is 18.2 Å². The number of amidine groups is 1. The molecule has 11 heavy (non-hydrogen) atoms. The molecular weight excluding hydrogens is 142 g/mol. The van der Waals surface area contributed by atoms with Crippen molar-refractivity contribution in [2.24, 2.45) is 10.7 Å². The van der Waals surface area contributed by atoms with Gasteiger partial charge in [0.1, 0.15) is 0 Å². The lowest BCUT2D eigenvalue weighted by atomic mass is 10.4. The average molecular weight is 151 g/mol. The number of urea groups is 1. The summed E-state index contributed by atoms with van der Waals surface area (Å²) in [5, 5.41) is 0. The molecule has 2 N–H and O–H groups in total. The Bertz CT molecular complexity index is 254. The zero-order valence-corrected chi connectivity index (χ0v) is 6.08. The first-order valence-corrected chi connectivity index (χ1v) is 3.12. The third-order valence-corrected chi connectivity index (χ3v) is 1.38. The number of carbonyl (C=O) groups excluding carboxylic acids is 1. The van der Waals surface area contributed by atoms with E-state index in [-0.39, 0.29) is 11.9 Å². The predicted molar refractivity (Wildman–Crippen MR) is 43.1 cm³/mol. The fourth-order valence-electron chi connectivity index (χ4n) is 0.799. The van der Waals surface area contributed by atoms with Crippen LogP contribution >= 0.6 is 0 Å². The second-order valence-corrected chi connectivity index (χ2v) is 2.13. The van der Waals surface area contributed by atoms with E-state index in [4.69, 9.17) is 5.73 Å². The molecule has 0 unspecified atom stereocenters. The van der Waals surface area contributed by atoms with Crippen molar-refractivity contribution in [2.45, 2.75) is 0 Å². The Morgan fingerprint density at radius 2 is 2.36 bits per heavy atom. The van der Waals surface area contributed by atoms with E-state index in [1.165, 1.54) is 4.90 Å². The minimum Gasteiger partial charge on any atom is -0.382 e. The summed E-state index contributed by atoms with van der Waals surface area (Å²) in [6.07, 6.45) is 1.59. The Kier molecular flexibility index (Phi) is 1.76. The summed E-state index contributed by atoms with van der Waals surface area (Å²) in [7, 11) is 0. The van der Waals surface area contributed by atoms with Crippen molar-refractivity contribution in [2.75, 3.05) is 6.54 Å². The number of amides is 2. The van der Waals surface area contributed by atoms with Crippen LogP contribution in [0.3, 0.4) is 0 Å². The first-order chi connectivity index (χ1) is 5.16. The van der Waals surface area contributed by atoms with Gasteiger partial charge >= 0.3 is 6.03 Å². The quantitative estimate of drug-likeness (QED) is 0.583. The summed E-state index contributed by atoms with van der Waals surface area (Å²) in [5.74, 6) is 0.192. The number of hydrogen-bond acceptors (Lipinski definition) is 2. The van der Waals surface area contributed by atoms with Gasteiger partial charge in [-0.15, -0.1) is 6.58 Å². The Morgan fingerprint density at radius 3 is 2.73 bits per heavy atom. The first kappa shape index (κ1) is 7.53. The van der Waals surface area contributed by atoms with E-state index < -0.39 is 0 Å². The summed E-state index contributed by atoms with van der Waals surface area (Å²) < 4.78 is 0. The van der Waals surface area contributed by atoms with Gasteiger partial charge in [0, 0.05) is 6.54 Å². The van der Waals surface area contributed by atoms with Crippen LogP contribution in [0.15, 0.2) is 29.9 Å². The molecule has 0 saturated carbocycles. The van der Waals surface area contributed by atoms with Crippen LogP contribution in [-0.2, 0) is 0 Å². The van der Waals surface area contributed by atoms with Crippen LogP contribution in [0.2, 0.25) is 0 Å². The van der Waals surface area contributed by atoms with Crippen molar-refractivity contribution in [3.8, 4) is 0 Å². The molecule has 0 aliphatic carbocycles. The number of carbonyl (C=O) groups is 1. The van der Waals surface area contributed by atoms with Crippen LogP contribution in [0.5, 0.6) is 0 Å². The highest BCUT2D eigenvalue weighted by Crippen LogP contribution is 2.11. The summed E-state index contributed by atoms with van der Waals surface area (Å²) in [6.45, 7) is 7.48. The van der Waals surface area contributed by atoms with Crippen LogP contribution in [0.1, 0.15) is 0 Å². The standard InChI is InChI=1S/C7H9N3O/c1-3-4-10-5(2)6(8)9-7(10)11/h3H,1-2,4H2,(H2,8,9,11). The van der Waals surface area contributed by atoms with Gasteiger partial charge in [0.2, 0.25) is 0 Å². The second-order valence-electron chi connectivity index (χ2n) is 2.13. The largest absolute Gasteiger partial charge is 0.382 e. The maximum absolute atomic E-state index is 10.9. The normalized spacial score (nSPS) is 17.1. The molecular formula is C7H9N3O. The molecule has 0 aromatic heterocycles. The molecule has 0 aromatic rings. The van der Waals surface area contributed by atoms with Gasteiger partial charge < -0.3 is 5.73 Å². The monoisotopic (exact) mass is 151 g/mol. The molecule has 1 aliphatic rings. The average Bonchev–Trinajstić information content (AvgIpc) is 2.17. The minimum atomic E-state index is -0.368. The molecule has 0 aromatic carbocycles. The Morgan fingerprint density at radius 1 is 1.73 bits per heavy atom. The molecule has 0 atom stereocenters. The predicted octanol–water partition coefficient (Wildman–Crippen LogP) is 0.479. The van der Waals surface area contributed by atoms with Crippen LogP contribution in [0, 0.1) is 0 Å². The maximum Gasteiger partial charge on any atom is 0.350 e. The van der Waals surface area contributed by atoms with Crippen molar-refractivity contribution in [1.29, 1.82) is 0 Å². The van der Waals surface area contributed by atoms with Gasteiger partial charge in [-0.3, -0.25) is 4.90 Å². The fraction of sp³-hybridized carbons (Fsp3) is 0.143. The molecule has 2 amide bonds.